The minimum atomic E-state index is -4.86. The number of aliphatic hydroxyl groups is 1. The van der Waals surface area contributed by atoms with Gasteiger partial charge in [-0.3, -0.25) is 4.79 Å². The van der Waals surface area contributed by atoms with Crippen LogP contribution in [-0.2, 0) is 4.79 Å². The van der Waals surface area contributed by atoms with Gasteiger partial charge in [0.05, 0.1) is 5.92 Å². The lowest BCUT2D eigenvalue weighted by molar-refractivity contribution is -0.223. The number of carboxylic acid groups (broad SMARTS) is 1. The Balaban J connectivity index is 4.42. The largest absolute Gasteiger partial charge is 0.481 e. The van der Waals surface area contributed by atoms with Gasteiger partial charge in [-0.15, -0.1) is 0 Å². The van der Waals surface area contributed by atoms with E-state index in [1.807, 2.05) is 0 Å². The van der Waals surface area contributed by atoms with E-state index in [1.165, 1.54) is 6.92 Å². The highest BCUT2D eigenvalue weighted by molar-refractivity contribution is 5.70. The molecule has 6 heteroatoms. The van der Waals surface area contributed by atoms with Gasteiger partial charge in [0, 0.05) is 0 Å². The monoisotopic (exact) mass is 186 g/mol. The average molecular weight is 186 g/mol. The van der Waals surface area contributed by atoms with Crippen LogP contribution in [0.4, 0.5) is 13.2 Å². The molecule has 0 aliphatic carbocycles. The molecule has 0 bridgehead atoms. The molecule has 0 aromatic carbocycles. The lowest BCUT2D eigenvalue weighted by Gasteiger charge is -2.19. The van der Waals surface area contributed by atoms with E-state index >= 15 is 0 Å². The third-order valence-electron chi connectivity index (χ3n) is 1.47. The summed E-state index contributed by atoms with van der Waals surface area (Å²) in [7, 11) is 0. The van der Waals surface area contributed by atoms with Crippen LogP contribution in [0.25, 0.3) is 0 Å². The van der Waals surface area contributed by atoms with Gasteiger partial charge < -0.3 is 10.2 Å². The lowest BCUT2D eigenvalue weighted by Crippen LogP contribution is -2.39. The normalized spacial score (nSPS) is 17.1. The maximum absolute atomic E-state index is 11.7. The van der Waals surface area contributed by atoms with Gasteiger partial charge in [0.2, 0.25) is 0 Å². The summed E-state index contributed by atoms with van der Waals surface area (Å²) < 4.78 is 35.2. The summed E-state index contributed by atoms with van der Waals surface area (Å²) >= 11 is 0. The van der Waals surface area contributed by atoms with E-state index in [9.17, 15) is 18.0 Å². The number of hydrogen-bond donors (Lipinski definition) is 2. The Morgan fingerprint density at radius 2 is 1.92 bits per heavy atom. The maximum atomic E-state index is 11.7. The molecule has 0 spiro atoms. The molecule has 0 aliphatic rings. The number of carboxylic acids is 1. The van der Waals surface area contributed by atoms with E-state index in [0.29, 0.717) is 0 Å². The molecule has 0 rings (SSSR count). The first-order chi connectivity index (χ1) is 5.30. The van der Waals surface area contributed by atoms with Crippen molar-refractivity contribution in [2.75, 3.05) is 0 Å². The number of carbonyl (C=O) groups is 1. The zero-order valence-corrected chi connectivity index (χ0v) is 6.30. The molecule has 0 aliphatic heterocycles. The van der Waals surface area contributed by atoms with E-state index in [4.69, 9.17) is 10.2 Å². The van der Waals surface area contributed by atoms with Crippen molar-refractivity contribution < 1.29 is 28.2 Å². The van der Waals surface area contributed by atoms with Crippen molar-refractivity contribution in [1.29, 1.82) is 0 Å². The third kappa shape index (κ3) is 2.69. The molecule has 0 aromatic heterocycles. The Hall–Kier alpha value is -0.780. The van der Waals surface area contributed by atoms with Crippen LogP contribution in [0.5, 0.6) is 0 Å². The van der Waals surface area contributed by atoms with Crippen LogP contribution in [0, 0.1) is 5.92 Å². The summed E-state index contributed by atoms with van der Waals surface area (Å²) in [6.45, 7) is 1.27. The second-order valence-corrected chi connectivity index (χ2v) is 2.34. The summed E-state index contributed by atoms with van der Waals surface area (Å²) in [6.07, 6.45) is -7.89. The average Bonchev–Trinajstić information content (AvgIpc) is 1.86. The van der Waals surface area contributed by atoms with Crippen LogP contribution in [0.15, 0.2) is 0 Å². The number of aliphatic carboxylic acids is 1. The predicted molar refractivity (Wildman–Crippen MR) is 33.5 cm³/mol. The van der Waals surface area contributed by atoms with E-state index in [0.717, 1.165) is 0 Å². The fraction of sp³-hybridized carbons (Fsp3) is 0.833. The van der Waals surface area contributed by atoms with Crippen molar-refractivity contribution in [3.05, 3.63) is 0 Å². The number of halogens is 3. The highest BCUT2D eigenvalue weighted by Crippen LogP contribution is 2.27. The van der Waals surface area contributed by atoms with E-state index in [-0.39, 0.29) is 6.42 Å². The van der Waals surface area contributed by atoms with Crippen molar-refractivity contribution in [3.8, 4) is 0 Å². The third-order valence-corrected chi connectivity index (χ3v) is 1.47. The quantitative estimate of drug-likeness (QED) is 0.691. The number of aliphatic hydroxyl groups excluding tert-OH is 1. The van der Waals surface area contributed by atoms with Gasteiger partial charge >= 0.3 is 12.1 Å². The van der Waals surface area contributed by atoms with Gasteiger partial charge in [-0.2, -0.15) is 13.2 Å². The molecule has 72 valence electrons. The molecule has 2 N–H and O–H groups in total. The first-order valence-electron chi connectivity index (χ1n) is 3.28. The molecule has 2 atom stereocenters. The minimum absolute atomic E-state index is 0.254. The van der Waals surface area contributed by atoms with Gasteiger partial charge in [0.15, 0.2) is 6.10 Å². The zero-order chi connectivity index (χ0) is 9.94. The van der Waals surface area contributed by atoms with Crippen LogP contribution >= 0.6 is 0 Å². The minimum Gasteiger partial charge on any atom is -0.481 e. The zero-order valence-electron chi connectivity index (χ0n) is 6.30. The van der Waals surface area contributed by atoms with Crippen LogP contribution in [0.3, 0.4) is 0 Å². The molecule has 0 fully saturated rings. The Morgan fingerprint density at radius 3 is 2.00 bits per heavy atom. The molecule has 0 amide bonds. The van der Waals surface area contributed by atoms with Crippen LogP contribution in [-0.4, -0.2) is 28.5 Å². The first kappa shape index (κ1) is 11.2. The van der Waals surface area contributed by atoms with Gasteiger partial charge in [0.1, 0.15) is 0 Å². The Kier molecular flexibility index (Phi) is 3.51. The topological polar surface area (TPSA) is 57.5 Å². The molecule has 0 radical (unpaired) electrons. The van der Waals surface area contributed by atoms with Crippen LogP contribution in [0.2, 0.25) is 0 Å². The summed E-state index contributed by atoms with van der Waals surface area (Å²) in [4.78, 5) is 10.2. The van der Waals surface area contributed by atoms with Crippen molar-refractivity contribution in [2.24, 2.45) is 5.92 Å². The predicted octanol–water partition coefficient (Wildman–Crippen LogP) is 1.02. The van der Waals surface area contributed by atoms with Gasteiger partial charge in [-0.25, -0.2) is 0 Å². The molecule has 12 heavy (non-hydrogen) atoms. The molecule has 0 heterocycles. The molecule has 0 saturated carbocycles. The molecule has 0 saturated heterocycles. The van der Waals surface area contributed by atoms with E-state index in [1.54, 1.807) is 0 Å². The summed E-state index contributed by atoms with van der Waals surface area (Å²) in [5, 5.41) is 16.8. The standard InChI is InChI=1S/C6H9F3O3/c1-2-3(5(11)12)4(10)6(7,8)9/h3-4,10H,2H2,1H3,(H,11,12)/t3-,4?/m1/s1. The van der Waals surface area contributed by atoms with Crippen LogP contribution < -0.4 is 0 Å². The second-order valence-electron chi connectivity index (χ2n) is 2.34. The molecule has 3 nitrogen and oxygen atoms in total. The lowest BCUT2D eigenvalue weighted by atomic mass is 9.99. The Labute approximate surface area is 66.8 Å². The van der Waals surface area contributed by atoms with Gasteiger partial charge in [-0.1, -0.05) is 6.92 Å². The van der Waals surface area contributed by atoms with E-state index in [2.05, 4.69) is 0 Å². The maximum Gasteiger partial charge on any atom is 0.415 e. The summed E-state index contributed by atoms with van der Waals surface area (Å²) in [5.74, 6) is -3.41. The number of rotatable bonds is 3. The number of alkyl halides is 3. The Bertz CT molecular complexity index is 166. The van der Waals surface area contributed by atoms with Crippen molar-refractivity contribution in [1.82, 2.24) is 0 Å². The molecular weight excluding hydrogens is 177 g/mol. The van der Waals surface area contributed by atoms with Gasteiger partial charge in [-0.05, 0) is 6.42 Å². The van der Waals surface area contributed by atoms with E-state index < -0.39 is 24.2 Å². The highest BCUT2D eigenvalue weighted by atomic mass is 19.4. The van der Waals surface area contributed by atoms with Crippen LogP contribution in [0.1, 0.15) is 13.3 Å². The fourth-order valence-corrected chi connectivity index (χ4v) is 0.761. The number of hydrogen-bond acceptors (Lipinski definition) is 2. The fourth-order valence-electron chi connectivity index (χ4n) is 0.761. The van der Waals surface area contributed by atoms with Crippen molar-refractivity contribution in [3.63, 3.8) is 0 Å². The summed E-state index contributed by atoms with van der Waals surface area (Å²) in [5.41, 5.74) is 0. The summed E-state index contributed by atoms with van der Waals surface area (Å²) in [6, 6.07) is 0. The van der Waals surface area contributed by atoms with Gasteiger partial charge in [0.25, 0.3) is 0 Å². The SMILES string of the molecule is CC[C@@H](C(=O)O)C(O)C(F)(F)F. The first-order valence-corrected chi connectivity index (χ1v) is 3.28. The Morgan fingerprint density at radius 1 is 1.50 bits per heavy atom. The highest BCUT2D eigenvalue weighted by Gasteiger charge is 2.45. The second kappa shape index (κ2) is 3.75. The van der Waals surface area contributed by atoms with Crippen molar-refractivity contribution in [2.45, 2.75) is 25.6 Å². The smallest absolute Gasteiger partial charge is 0.415 e. The molecular formula is C6H9F3O3. The van der Waals surface area contributed by atoms with Crippen molar-refractivity contribution >= 4 is 5.97 Å². The molecule has 0 aromatic rings. The molecule has 1 unspecified atom stereocenters.